The van der Waals surface area contributed by atoms with Crippen LogP contribution in [-0.4, -0.2) is 30.4 Å². The van der Waals surface area contributed by atoms with Crippen LogP contribution in [0.3, 0.4) is 0 Å². The molecule has 2 saturated heterocycles. The van der Waals surface area contributed by atoms with Gasteiger partial charge in [-0.1, -0.05) is 36.6 Å². The van der Waals surface area contributed by atoms with Gasteiger partial charge in [-0.2, -0.15) is 0 Å². The highest BCUT2D eigenvalue weighted by atomic mass is 35.5. The largest absolute Gasteiger partial charge is 0.335 e. The van der Waals surface area contributed by atoms with E-state index >= 15 is 0 Å². The lowest BCUT2D eigenvalue weighted by Crippen LogP contribution is -2.39. The van der Waals surface area contributed by atoms with Crippen molar-refractivity contribution in [3.8, 4) is 0 Å². The van der Waals surface area contributed by atoms with E-state index in [-0.39, 0.29) is 12.0 Å². The summed E-state index contributed by atoms with van der Waals surface area (Å²) in [5, 5.41) is 4.06. The molecule has 1 aromatic rings. The van der Waals surface area contributed by atoms with Crippen LogP contribution in [0, 0.1) is 5.92 Å². The van der Waals surface area contributed by atoms with Gasteiger partial charge in [0.05, 0.1) is 12.0 Å². The summed E-state index contributed by atoms with van der Waals surface area (Å²) in [5.74, 6) is 0.500. The number of carbonyl (C=O) groups excluding carboxylic acids is 1. The van der Waals surface area contributed by atoms with Crippen LogP contribution in [0.1, 0.15) is 43.7 Å². The Kier molecular flexibility index (Phi) is 4.81. The van der Waals surface area contributed by atoms with Gasteiger partial charge in [-0.15, -0.1) is 0 Å². The molecular formula is C17H23ClN2O. The summed E-state index contributed by atoms with van der Waals surface area (Å²) in [5.41, 5.74) is 1.22. The molecule has 1 amide bonds. The maximum atomic E-state index is 12.9. The van der Waals surface area contributed by atoms with Gasteiger partial charge in [0.2, 0.25) is 5.91 Å². The first-order valence-electron chi connectivity index (χ1n) is 8.02. The highest BCUT2D eigenvalue weighted by Crippen LogP contribution is 2.32. The topological polar surface area (TPSA) is 32.3 Å². The molecule has 1 N–H and O–H groups in total. The van der Waals surface area contributed by atoms with Crippen LogP contribution in [-0.2, 0) is 4.79 Å². The van der Waals surface area contributed by atoms with Gasteiger partial charge in [-0.25, -0.2) is 0 Å². The molecule has 2 unspecified atom stereocenters. The van der Waals surface area contributed by atoms with Gasteiger partial charge in [-0.3, -0.25) is 4.79 Å². The van der Waals surface area contributed by atoms with Crippen LogP contribution in [0.5, 0.6) is 0 Å². The fourth-order valence-corrected chi connectivity index (χ4v) is 3.63. The number of benzene rings is 1. The molecule has 1 aromatic carbocycles. The molecule has 0 aliphatic carbocycles. The van der Waals surface area contributed by atoms with E-state index in [9.17, 15) is 4.79 Å². The van der Waals surface area contributed by atoms with Crippen molar-refractivity contribution in [1.82, 2.24) is 10.2 Å². The molecule has 2 aliphatic rings. The maximum Gasteiger partial charge on any atom is 0.227 e. The lowest BCUT2D eigenvalue weighted by atomic mass is 9.98. The molecular weight excluding hydrogens is 284 g/mol. The summed E-state index contributed by atoms with van der Waals surface area (Å²) in [7, 11) is 0. The predicted octanol–water partition coefficient (Wildman–Crippen LogP) is 3.39. The molecule has 21 heavy (non-hydrogen) atoms. The Morgan fingerprint density at radius 3 is 2.67 bits per heavy atom. The smallest absolute Gasteiger partial charge is 0.227 e. The van der Waals surface area contributed by atoms with E-state index in [1.807, 2.05) is 12.1 Å². The summed E-state index contributed by atoms with van der Waals surface area (Å²) in [4.78, 5) is 15.0. The Hall–Kier alpha value is -1.06. The molecule has 0 bridgehead atoms. The number of likely N-dealkylation sites (tertiary alicyclic amines) is 1. The summed E-state index contributed by atoms with van der Waals surface area (Å²) in [6, 6.07) is 8.23. The van der Waals surface area contributed by atoms with Crippen molar-refractivity contribution in [2.24, 2.45) is 5.92 Å². The van der Waals surface area contributed by atoms with Crippen molar-refractivity contribution >= 4 is 17.5 Å². The van der Waals surface area contributed by atoms with Crippen molar-refractivity contribution in [3.05, 3.63) is 34.9 Å². The maximum absolute atomic E-state index is 12.9. The monoisotopic (exact) mass is 306 g/mol. The minimum Gasteiger partial charge on any atom is -0.335 e. The first-order valence-corrected chi connectivity index (χ1v) is 8.40. The summed E-state index contributed by atoms with van der Waals surface area (Å²) in [6.07, 6.45) is 5.57. The lowest BCUT2D eigenvalue weighted by Gasteiger charge is -2.32. The fourth-order valence-electron chi connectivity index (χ4n) is 3.50. The van der Waals surface area contributed by atoms with E-state index in [2.05, 4.69) is 22.3 Å². The van der Waals surface area contributed by atoms with Crippen LogP contribution < -0.4 is 5.32 Å². The second kappa shape index (κ2) is 6.80. The molecule has 2 atom stereocenters. The number of halogens is 1. The van der Waals surface area contributed by atoms with E-state index in [0.717, 1.165) is 43.9 Å². The zero-order valence-corrected chi connectivity index (χ0v) is 13.1. The molecule has 2 aliphatic heterocycles. The molecule has 2 heterocycles. The summed E-state index contributed by atoms with van der Waals surface area (Å²) < 4.78 is 0. The first kappa shape index (κ1) is 14.9. The molecule has 0 aromatic heterocycles. The van der Waals surface area contributed by atoms with Gasteiger partial charge >= 0.3 is 0 Å². The van der Waals surface area contributed by atoms with Crippen LogP contribution in [0.15, 0.2) is 24.3 Å². The van der Waals surface area contributed by atoms with Gasteiger partial charge in [0.25, 0.3) is 0 Å². The third-order valence-corrected chi connectivity index (χ3v) is 4.95. The van der Waals surface area contributed by atoms with Crippen LogP contribution in [0.25, 0.3) is 0 Å². The number of rotatable bonds is 2. The Morgan fingerprint density at radius 2 is 1.95 bits per heavy atom. The second-order valence-corrected chi connectivity index (χ2v) is 6.57. The second-order valence-electron chi connectivity index (χ2n) is 6.14. The SMILES string of the molecule is O=C(C1CCNC1)N1CCCCCC1c1ccc(Cl)cc1. The predicted molar refractivity (Wildman–Crippen MR) is 85.4 cm³/mol. The molecule has 3 nitrogen and oxygen atoms in total. The summed E-state index contributed by atoms with van der Waals surface area (Å²) in [6.45, 7) is 2.70. The zero-order valence-electron chi connectivity index (χ0n) is 12.4. The molecule has 2 fully saturated rings. The third kappa shape index (κ3) is 3.41. The van der Waals surface area contributed by atoms with Crippen LogP contribution in [0.2, 0.25) is 5.02 Å². The molecule has 0 saturated carbocycles. The number of carbonyl (C=O) groups is 1. The highest BCUT2D eigenvalue weighted by molar-refractivity contribution is 6.30. The third-order valence-electron chi connectivity index (χ3n) is 4.70. The van der Waals surface area contributed by atoms with Gasteiger partial charge in [0.15, 0.2) is 0 Å². The van der Waals surface area contributed by atoms with Crippen molar-refractivity contribution in [2.45, 2.75) is 38.1 Å². The molecule has 3 rings (SSSR count). The highest BCUT2D eigenvalue weighted by Gasteiger charge is 2.32. The molecule has 114 valence electrons. The van der Waals surface area contributed by atoms with Gasteiger partial charge in [0, 0.05) is 18.1 Å². The van der Waals surface area contributed by atoms with Gasteiger partial charge in [-0.05, 0) is 43.5 Å². The summed E-state index contributed by atoms with van der Waals surface area (Å²) >= 11 is 6.00. The van der Waals surface area contributed by atoms with Crippen molar-refractivity contribution in [3.63, 3.8) is 0 Å². The number of amides is 1. The van der Waals surface area contributed by atoms with Crippen molar-refractivity contribution in [1.29, 1.82) is 0 Å². The quantitative estimate of drug-likeness (QED) is 0.908. The van der Waals surface area contributed by atoms with E-state index in [0.29, 0.717) is 5.91 Å². The number of hydrogen-bond donors (Lipinski definition) is 1. The number of nitrogens with one attached hydrogen (secondary N) is 1. The fraction of sp³-hybridized carbons (Fsp3) is 0.588. The van der Waals surface area contributed by atoms with Crippen molar-refractivity contribution < 1.29 is 4.79 Å². The van der Waals surface area contributed by atoms with E-state index in [1.54, 1.807) is 0 Å². The Morgan fingerprint density at radius 1 is 1.14 bits per heavy atom. The van der Waals surface area contributed by atoms with Crippen LogP contribution >= 0.6 is 11.6 Å². The Labute approximate surface area is 131 Å². The van der Waals surface area contributed by atoms with Crippen molar-refractivity contribution in [2.75, 3.05) is 19.6 Å². The van der Waals surface area contributed by atoms with Crippen LogP contribution in [0.4, 0.5) is 0 Å². The van der Waals surface area contributed by atoms with E-state index in [1.165, 1.54) is 18.4 Å². The average Bonchev–Trinajstić information content (AvgIpc) is 2.92. The normalized spacial score (nSPS) is 26.6. The number of hydrogen-bond acceptors (Lipinski definition) is 2. The van der Waals surface area contributed by atoms with E-state index in [4.69, 9.17) is 11.6 Å². The minimum atomic E-state index is 0.165. The average molecular weight is 307 g/mol. The molecule has 0 radical (unpaired) electrons. The Balaban J connectivity index is 1.82. The molecule has 0 spiro atoms. The first-order chi connectivity index (χ1) is 10.3. The van der Waals surface area contributed by atoms with Gasteiger partial charge in [0.1, 0.15) is 0 Å². The standard InChI is InChI=1S/C17H23ClN2O/c18-15-7-5-13(6-8-15)16-4-2-1-3-11-20(16)17(21)14-9-10-19-12-14/h5-8,14,16,19H,1-4,9-12H2. The van der Waals surface area contributed by atoms with Gasteiger partial charge < -0.3 is 10.2 Å². The molecule has 4 heteroatoms. The minimum absolute atomic E-state index is 0.165. The Bertz CT molecular complexity index is 482. The number of nitrogens with zero attached hydrogens (tertiary/aromatic N) is 1. The lowest BCUT2D eigenvalue weighted by molar-refractivity contribution is -0.137. The zero-order chi connectivity index (χ0) is 14.7. The van der Waals surface area contributed by atoms with E-state index < -0.39 is 0 Å².